The second-order valence-electron chi connectivity index (χ2n) is 5.07. The first kappa shape index (κ1) is 13.7. The SMILES string of the molecule is COc1ccc(-n2nc(-c3ccc(Cl)s3)c3c2NCC3)cc1. The number of halogens is 1. The molecule has 4 rings (SSSR count). The van der Waals surface area contributed by atoms with Crippen LogP contribution in [0, 0.1) is 0 Å². The van der Waals surface area contributed by atoms with Crippen molar-refractivity contribution in [2.24, 2.45) is 0 Å². The summed E-state index contributed by atoms with van der Waals surface area (Å²) in [7, 11) is 1.67. The lowest BCUT2D eigenvalue weighted by molar-refractivity contribution is 0.414. The van der Waals surface area contributed by atoms with Crippen molar-refractivity contribution >= 4 is 28.8 Å². The number of aromatic nitrogens is 2. The van der Waals surface area contributed by atoms with Crippen molar-refractivity contribution in [2.75, 3.05) is 19.0 Å². The normalized spacial score (nSPS) is 13.0. The Bertz CT molecular complexity index is 823. The third kappa shape index (κ3) is 2.17. The Labute approximate surface area is 137 Å². The zero-order valence-electron chi connectivity index (χ0n) is 12.0. The largest absolute Gasteiger partial charge is 0.497 e. The summed E-state index contributed by atoms with van der Waals surface area (Å²) in [5.74, 6) is 1.91. The van der Waals surface area contributed by atoms with E-state index in [2.05, 4.69) is 5.32 Å². The Hall–Kier alpha value is -1.98. The van der Waals surface area contributed by atoms with Gasteiger partial charge in [-0.25, -0.2) is 4.68 Å². The molecule has 0 bridgehead atoms. The van der Waals surface area contributed by atoms with Gasteiger partial charge in [-0.2, -0.15) is 5.10 Å². The lowest BCUT2D eigenvalue weighted by Crippen LogP contribution is -2.04. The van der Waals surface area contributed by atoms with Gasteiger partial charge in [-0.3, -0.25) is 0 Å². The summed E-state index contributed by atoms with van der Waals surface area (Å²) in [6.07, 6.45) is 0.982. The third-order valence-corrected chi connectivity index (χ3v) is 5.01. The van der Waals surface area contributed by atoms with Gasteiger partial charge < -0.3 is 10.1 Å². The van der Waals surface area contributed by atoms with E-state index in [1.807, 2.05) is 41.1 Å². The molecule has 0 amide bonds. The first-order valence-electron chi connectivity index (χ1n) is 7.02. The molecule has 1 N–H and O–H groups in total. The van der Waals surface area contributed by atoms with Gasteiger partial charge in [0.2, 0.25) is 0 Å². The molecular formula is C16H14ClN3OS. The molecule has 0 fully saturated rings. The molecule has 0 atom stereocenters. The number of nitrogens with zero attached hydrogens (tertiary/aromatic N) is 2. The maximum atomic E-state index is 6.07. The minimum Gasteiger partial charge on any atom is -0.497 e. The quantitative estimate of drug-likeness (QED) is 0.780. The molecule has 0 saturated heterocycles. The van der Waals surface area contributed by atoms with Crippen LogP contribution in [0.25, 0.3) is 16.3 Å². The van der Waals surface area contributed by atoms with E-state index >= 15 is 0 Å². The molecule has 112 valence electrons. The van der Waals surface area contributed by atoms with Crippen LogP contribution in [0.5, 0.6) is 5.75 Å². The van der Waals surface area contributed by atoms with Crippen molar-refractivity contribution < 1.29 is 4.74 Å². The maximum absolute atomic E-state index is 6.07. The van der Waals surface area contributed by atoms with Crippen molar-refractivity contribution in [3.8, 4) is 22.0 Å². The van der Waals surface area contributed by atoms with Gasteiger partial charge in [0.25, 0.3) is 0 Å². The molecule has 1 aromatic carbocycles. The van der Waals surface area contributed by atoms with Crippen LogP contribution >= 0.6 is 22.9 Å². The summed E-state index contributed by atoms with van der Waals surface area (Å²) in [4.78, 5) is 1.11. The molecule has 0 unspecified atom stereocenters. The highest BCUT2D eigenvalue weighted by molar-refractivity contribution is 7.19. The minimum atomic E-state index is 0.786. The first-order valence-corrected chi connectivity index (χ1v) is 8.21. The Morgan fingerprint density at radius 2 is 2.05 bits per heavy atom. The second kappa shape index (κ2) is 5.34. The van der Waals surface area contributed by atoms with E-state index in [-0.39, 0.29) is 0 Å². The van der Waals surface area contributed by atoms with E-state index < -0.39 is 0 Å². The smallest absolute Gasteiger partial charge is 0.133 e. The summed E-state index contributed by atoms with van der Waals surface area (Å²) in [5, 5.41) is 8.24. The average Bonchev–Trinajstić information content (AvgIpc) is 3.23. The van der Waals surface area contributed by atoms with Crippen molar-refractivity contribution in [3.63, 3.8) is 0 Å². The summed E-state index contributed by atoms with van der Waals surface area (Å²) in [6.45, 7) is 0.940. The number of fused-ring (bicyclic) bond motifs is 1. The van der Waals surface area contributed by atoms with Gasteiger partial charge in [0.1, 0.15) is 17.3 Å². The molecule has 22 heavy (non-hydrogen) atoms. The molecule has 0 radical (unpaired) electrons. The third-order valence-electron chi connectivity index (χ3n) is 3.77. The highest BCUT2D eigenvalue weighted by Crippen LogP contribution is 2.38. The zero-order valence-corrected chi connectivity index (χ0v) is 13.5. The minimum absolute atomic E-state index is 0.786. The summed E-state index contributed by atoms with van der Waals surface area (Å²) < 4.78 is 7.97. The maximum Gasteiger partial charge on any atom is 0.133 e. The lowest BCUT2D eigenvalue weighted by atomic mass is 10.2. The molecule has 0 spiro atoms. The number of methoxy groups -OCH3 is 1. The van der Waals surface area contributed by atoms with Crippen molar-refractivity contribution in [3.05, 3.63) is 46.3 Å². The number of anilines is 1. The highest BCUT2D eigenvalue weighted by Gasteiger charge is 2.24. The van der Waals surface area contributed by atoms with E-state index in [1.54, 1.807) is 18.4 Å². The van der Waals surface area contributed by atoms with Crippen molar-refractivity contribution in [2.45, 2.75) is 6.42 Å². The lowest BCUT2D eigenvalue weighted by Gasteiger charge is -2.07. The standard InChI is InChI=1S/C16H14ClN3OS/c1-21-11-4-2-10(3-5-11)20-16-12(8-9-18-16)15(19-20)13-6-7-14(17)22-13/h2-7,18H,8-9H2,1H3. The number of hydrogen-bond donors (Lipinski definition) is 1. The zero-order chi connectivity index (χ0) is 15.1. The second-order valence-corrected chi connectivity index (χ2v) is 6.78. The van der Waals surface area contributed by atoms with E-state index in [1.165, 1.54) is 5.56 Å². The molecule has 1 aliphatic heterocycles. The molecule has 3 heterocycles. The number of benzene rings is 1. The molecule has 4 nitrogen and oxygen atoms in total. The van der Waals surface area contributed by atoms with Crippen LogP contribution < -0.4 is 10.1 Å². The van der Waals surface area contributed by atoms with E-state index in [0.29, 0.717) is 0 Å². The van der Waals surface area contributed by atoms with Crippen LogP contribution in [0.2, 0.25) is 4.34 Å². The highest BCUT2D eigenvalue weighted by atomic mass is 35.5. The molecule has 6 heteroatoms. The topological polar surface area (TPSA) is 39.1 Å². The molecule has 0 aliphatic carbocycles. The predicted molar refractivity (Wildman–Crippen MR) is 90.6 cm³/mol. The van der Waals surface area contributed by atoms with Crippen LogP contribution in [0.4, 0.5) is 5.82 Å². The van der Waals surface area contributed by atoms with Gasteiger partial charge >= 0.3 is 0 Å². The number of nitrogens with one attached hydrogen (secondary N) is 1. The van der Waals surface area contributed by atoms with Gasteiger partial charge in [-0.05, 0) is 42.8 Å². The fraction of sp³-hybridized carbons (Fsp3) is 0.188. The van der Waals surface area contributed by atoms with Crippen molar-refractivity contribution in [1.82, 2.24) is 9.78 Å². The van der Waals surface area contributed by atoms with Gasteiger partial charge in [0.05, 0.1) is 22.0 Å². The summed E-state index contributed by atoms with van der Waals surface area (Å²) in [5.41, 5.74) is 3.29. The van der Waals surface area contributed by atoms with Crippen molar-refractivity contribution in [1.29, 1.82) is 0 Å². The van der Waals surface area contributed by atoms with Gasteiger partial charge in [-0.15, -0.1) is 11.3 Å². The Kier molecular flexibility index (Phi) is 3.32. The molecule has 3 aromatic rings. The predicted octanol–water partition coefficient (Wildman–Crippen LogP) is 4.23. The fourth-order valence-electron chi connectivity index (χ4n) is 2.72. The number of thiophene rings is 1. The van der Waals surface area contributed by atoms with Crippen LogP contribution in [0.3, 0.4) is 0 Å². The molecule has 2 aromatic heterocycles. The van der Waals surface area contributed by atoms with Crippen LogP contribution in [-0.4, -0.2) is 23.4 Å². The van der Waals surface area contributed by atoms with E-state index in [0.717, 1.165) is 45.1 Å². The Balaban J connectivity index is 1.83. The van der Waals surface area contributed by atoms with Crippen LogP contribution in [0.1, 0.15) is 5.56 Å². The Morgan fingerprint density at radius 3 is 2.73 bits per heavy atom. The fourth-order valence-corrected chi connectivity index (χ4v) is 3.78. The van der Waals surface area contributed by atoms with Gasteiger partial charge in [0.15, 0.2) is 0 Å². The van der Waals surface area contributed by atoms with Gasteiger partial charge in [0, 0.05) is 12.1 Å². The molecule has 1 aliphatic rings. The number of rotatable bonds is 3. The number of hydrogen-bond acceptors (Lipinski definition) is 4. The molecule has 0 saturated carbocycles. The van der Waals surface area contributed by atoms with E-state index in [9.17, 15) is 0 Å². The molecular weight excluding hydrogens is 318 g/mol. The number of ether oxygens (including phenoxy) is 1. The van der Waals surface area contributed by atoms with Gasteiger partial charge in [-0.1, -0.05) is 11.6 Å². The summed E-state index contributed by atoms with van der Waals surface area (Å²) >= 11 is 7.64. The Morgan fingerprint density at radius 1 is 1.23 bits per heavy atom. The monoisotopic (exact) mass is 331 g/mol. The van der Waals surface area contributed by atoms with E-state index in [4.69, 9.17) is 21.4 Å². The van der Waals surface area contributed by atoms with Crippen LogP contribution in [0.15, 0.2) is 36.4 Å². The average molecular weight is 332 g/mol. The first-order chi connectivity index (χ1) is 10.8. The summed E-state index contributed by atoms with van der Waals surface area (Å²) in [6, 6.07) is 11.9. The van der Waals surface area contributed by atoms with Crippen LogP contribution in [-0.2, 0) is 6.42 Å².